The number of halogens is 1. The van der Waals surface area contributed by atoms with Gasteiger partial charge in [-0.05, 0) is 43.7 Å². The van der Waals surface area contributed by atoms with Gasteiger partial charge in [0.2, 0.25) is 10.0 Å². The van der Waals surface area contributed by atoms with Gasteiger partial charge >= 0.3 is 0 Å². The summed E-state index contributed by atoms with van der Waals surface area (Å²) >= 11 is 5.93. The summed E-state index contributed by atoms with van der Waals surface area (Å²) in [6.07, 6.45) is 0. The molecule has 6 heteroatoms. The summed E-state index contributed by atoms with van der Waals surface area (Å²) in [4.78, 5) is 0.113. The molecule has 1 unspecified atom stereocenters. The Morgan fingerprint density at radius 3 is 2.36 bits per heavy atom. The molecule has 22 heavy (non-hydrogen) atoms. The zero-order valence-electron chi connectivity index (χ0n) is 12.2. The molecule has 0 radical (unpaired) electrons. The maximum absolute atomic E-state index is 12.5. The Kier molecular flexibility index (Phi) is 4.57. The van der Waals surface area contributed by atoms with E-state index >= 15 is 0 Å². The Hall–Kier alpha value is -1.87. The minimum atomic E-state index is -3.82. The molecule has 114 valence electrons. The maximum atomic E-state index is 12.5. The third-order valence-electron chi connectivity index (χ3n) is 3.30. The number of sulfonamides is 1. The van der Waals surface area contributed by atoms with Crippen molar-refractivity contribution in [1.82, 2.24) is 4.72 Å². The second-order valence-electron chi connectivity index (χ2n) is 5.17. The standard InChI is InChI=1S/C16H15ClN2O2S/c1-12-6-8-15(9-7-12)22(20,21)19-16(2,11-18)13-4-3-5-14(17)10-13/h3-10,19H,1-2H3. The van der Waals surface area contributed by atoms with Crippen molar-refractivity contribution in [2.75, 3.05) is 0 Å². The van der Waals surface area contributed by atoms with Crippen molar-refractivity contribution in [3.63, 3.8) is 0 Å². The summed E-state index contributed by atoms with van der Waals surface area (Å²) in [5, 5.41) is 9.90. The van der Waals surface area contributed by atoms with Crippen LogP contribution < -0.4 is 4.72 Å². The Morgan fingerprint density at radius 1 is 1.18 bits per heavy atom. The van der Waals surface area contributed by atoms with Crippen LogP contribution in [0.15, 0.2) is 53.4 Å². The first-order valence-corrected chi connectivity index (χ1v) is 8.41. The van der Waals surface area contributed by atoms with Crippen LogP contribution in [0.1, 0.15) is 18.1 Å². The van der Waals surface area contributed by atoms with Gasteiger partial charge in [0.1, 0.15) is 5.54 Å². The summed E-state index contributed by atoms with van der Waals surface area (Å²) in [7, 11) is -3.82. The molecule has 0 aliphatic carbocycles. The molecule has 0 aromatic heterocycles. The van der Waals surface area contributed by atoms with E-state index in [-0.39, 0.29) is 4.90 Å². The average Bonchev–Trinajstić information content (AvgIpc) is 2.47. The molecule has 0 aliphatic rings. The van der Waals surface area contributed by atoms with Gasteiger partial charge in [-0.25, -0.2) is 8.42 Å². The van der Waals surface area contributed by atoms with Crippen LogP contribution in [0.5, 0.6) is 0 Å². The minimum Gasteiger partial charge on any atom is -0.207 e. The van der Waals surface area contributed by atoms with Crippen molar-refractivity contribution < 1.29 is 8.42 Å². The van der Waals surface area contributed by atoms with Gasteiger partial charge in [-0.1, -0.05) is 41.4 Å². The largest absolute Gasteiger partial charge is 0.242 e. The quantitative estimate of drug-likeness (QED) is 0.932. The first-order chi connectivity index (χ1) is 10.3. The van der Waals surface area contributed by atoms with Crippen LogP contribution in [0.4, 0.5) is 0 Å². The smallest absolute Gasteiger partial charge is 0.207 e. The summed E-state index contributed by atoms with van der Waals surface area (Å²) < 4.78 is 27.4. The molecule has 0 heterocycles. The molecule has 2 aromatic carbocycles. The van der Waals surface area contributed by atoms with Crippen molar-refractivity contribution in [1.29, 1.82) is 5.26 Å². The normalized spacial score (nSPS) is 14.1. The number of nitrogens with zero attached hydrogens (tertiary/aromatic N) is 1. The number of nitriles is 1. The maximum Gasteiger partial charge on any atom is 0.242 e. The van der Waals surface area contributed by atoms with Gasteiger partial charge in [-0.2, -0.15) is 9.98 Å². The van der Waals surface area contributed by atoms with Crippen molar-refractivity contribution in [2.24, 2.45) is 0 Å². The van der Waals surface area contributed by atoms with Gasteiger partial charge in [0.15, 0.2) is 0 Å². The van der Waals surface area contributed by atoms with E-state index in [1.54, 1.807) is 36.4 Å². The molecule has 2 aromatic rings. The number of rotatable bonds is 4. The number of hydrogen-bond donors (Lipinski definition) is 1. The Morgan fingerprint density at radius 2 is 1.82 bits per heavy atom. The predicted octanol–water partition coefficient (Wildman–Crippen LogP) is 3.37. The van der Waals surface area contributed by atoms with Gasteiger partial charge in [-0.3, -0.25) is 0 Å². The summed E-state index contributed by atoms with van der Waals surface area (Å²) in [6.45, 7) is 3.37. The van der Waals surface area contributed by atoms with Crippen LogP contribution in [0, 0.1) is 18.3 Å². The fourth-order valence-electron chi connectivity index (χ4n) is 1.99. The highest BCUT2D eigenvalue weighted by Crippen LogP contribution is 2.25. The lowest BCUT2D eigenvalue weighted by atomic mass is 9.95. The van der Waals surface area contributed by atoms with E-state index in [1.165, 1.54) is 19.1 Å². The Labute approximate surface area is 135 Å². The molecule has 2 rings (SSSR count). The zero-order valence-corrected chi connectivity index (χ0v) is 13.7. The molecule has 0 saturated carbocycles. The number of nitrogens with one attached hydrogen (secondary N) is 1. The van der Waals surface area contributed by atoms with Crippen LogP contribution in [0.25, 0.3) is 0 Å². The predicted molar refractivity (Wildman–Crippen MR) is 85.9 cm³/mol. The van der Waals surface area contributed by atoms with Gasteiger partial charge in [0.05, 0.1) is 11.0 Å². The molecule has 0 spiro atoms. The van der Waals surface area contributed by atoms with Crippen LogP contribution >= 0.6 is 11.6 Å². The lowest BCUT2D eigenvalue weighted by Crippen LogP contribution is -2.42. The highest BCUT2D eigenvalue weighted by atomic mass is 35.5. The number of benzene rings is 2. The minimum absolute atomic E-state index is 0.113. The van der Waals surface area contributed by atoms with Crippen molar-refractivity contribution >= 4 is 21.6 Å². The molecule has 0 bridgehead atoms. The van der Waals surface area contributed by atoms with Crippen molar-refractivity contribution in [3.8, 4) is 6.07 Å². The number of hydrogen-bond acceptors (Lipinski definition) is 3. The van der Waals surface area contributed by atoms with E-state index in [2.05, 4.69) is 4.72 Å². The summed E-state index contributed by atoms with van der Waals surface area (Å²) in [6, 6.07) is 15.0. The first-order valence-electron chi connectivity index (χ1n) is 6.55. The second kappa shape index (κ2) is 6.09. The van der Waals surface area contributed by atoms with E-state index in [0.717, 1.165) is 5.56 Å². The molecule has 4 nitrogen and oxygen atoms in total. The highest BCUT2D eigenvalue weighted by Gasteiger charge is 2.32. The highest BCUT2D eigenvalue weighted by molar-refractivity contribution is 7.89. The topological polar surface area (TPSA) is 70.0 Å². The van der Waals surface area contributed by atoms with Crippen LogP contribution in [-0.2, 0) is 15.6 Å². The third kappa shape index (κ3) is 3.47. The molecular formula is C16H15ClN2O2S. The van der Waals surface area contributed by atoms with Gasteiger partial charge in [-0.15, -0.1) is 0 Å². The Balaban J connectivity index is 2.41. The number of aryl methyl sites for hydroxylation is 1. The lowest BCUT2D eigenvalue weighted by Gasteiger charge is -2.23. The molecule has 1 N–H and O–H groups in total. The molecule has 0 aliphatic heterocycles. The molecule has 0 fully saturated rings. The lowest BCUT2D eigenvalue weighted by molar-refractivity contribution is 0.524. The molecular weight excluding hydrogens is 320 g/mol. The van der Waals surface area contributed by atoms with E-state index in [1.807, 2.05) is 13.0 Å². The summed E-state index contributed by atoms with van der Waals surface area (Å²) in [5.41, 5.74) is 0.0317. The molecule has 0 saturated heterocycles. The fraction of sp³-hybridized carbons (Fsp3) is 0.188. The van der Waals surface area contributed by atoms with E-state index in [9.17, 15) is 13.7 Å². The molecule has 1 atom stereocenters. The average molecular weight is 335 g/mol. The van der Waals surface area contributed by atoms with E-state index < -0.39 is 15.6 Å². The monoisotopic (exact) mass is 334 g/mol. The zero-order chi connectivity index (χ0) is 16.4. The van der Waals surface area contributed by atoms with Crippen LogP contribution in [-0.4, -0.2) is 8.42 Å². The second-order valence-corrected chi connectivity index (χ2v) is 7.28. The Bertz CT molecular complexity index is 826. The van der Waals surface area contributed by atoms with E-state index in [0.29, 0.717) is 10.6 Å². The first kappa shape index (κ1) is 16.5. The van der Waals surface area contributed by atoms with Gasteiger partial charge in [0.25, 0.3) is 0 Å². The molecule has 0 amide bonds. The summed E-state index contributed by atoms with van der Waals surface area (Å²) in [5.74, 6) is 0. The fourth-order valence-corrected chi connectivity index (χ4v) is 3.49. The van der Waals surface area contributed by atoms with Crippen molar-refractivity contribution in [2.45, 2.75) is 24.3 Å². The van der Waals surface area contributed by atoms with Crippen LogP contribution in [0.2, 0.25) is 5.02 Å². The van der Waals surface area contributed by atoms with Gasteiger partial charge < -0.3 is 0 Å². The third-order valence-corrected chi connectivity index (χ3v) is 5.10. The van der Waals surface area contributed by atoms with Crippen molar-refractivity contribution in [3.05, 3.63) is 64.7 Å². The van der Waals surface area contributed by atoms with Gasteiger partial charge in [0, 0.05) is 5.02 Å². The SMILES string of the molecule is Cc1ccc(S(=O)(=O)NC(C)(C#N)c2cccc(Cl)c2)cc1. The van der Waals surface area contributed by atoms with Crippen LogP contribution in [0.3, 0.4) is 0 Å². The van der Waals surface area contributed by atoms with E-state index in [4.69, 9.17) is 11.6 Å².